The van der Waals surface area contributed by atoms with Gasteiger partial charge in [0, 0.05) is 131 Å². The summed E-state index contributed by atoms with van der Waals surface area (Å²) in [6, 6.07) is 0. The molecule has 0 saturated carbocycles. The van der Waals surface area contributed by atoms with Crippen molar-refractivity contribution in [1.82, 2.24) is 0 Å². The minimum atomic E-state index is 0. The van der Waals surface area contributed by atoms with Crippen LogP contribution in [0, 0.1) is 27.5 Å². The van der Waals surface area contributed by atoms with Gasteiger partial charge in [0.25, 0.3) is 0 Å². The van der Waals surface area contributed by atoms with E-state index in [1.807, 2.05) is 0 Å². The van der Waals surface area contributed by atoms with Gasteiger partial charge in [-0.25, -0.2) is 0 Å². The Labute approximate surface area is 209 Å². The van der Waals surface area contributed by atoms with E-state index in [0.717, 1.165) is 6.17 Å². The fourth-order valence-electron chi connectivity index (χ4n) is 0.500. The quantitative estimate of drug-likeness (QED) is 0.274. The zero-order valence-electron chi connectivity index (χ0n) is 12.0. The van der Waals surface area contributed by atoms with Crippen molar-refractivity contribution >= 4 is 0 Å². The molecule has 0 aliphatic heterocycles. The molecule has 0 bridgehead atoms. The molecule has 0 amide bonds. The Morgan fingerprint density at radius 2 is 0.941 bits per heavy atom. The maximum atomic E-state index is 9.82. The molecule has 0 aromatic heterocycles. The molecule has 96 valence electrons. The Balaban J connectivity index is -0.00000000759. The van der Waals surface area contributed by atoms with Crippen LogP contribution in [-0.4, -0.2) is 7.18 Å². The summed E-state index contributed by atoms with van der Waals surface area (Å²) in [6.45, 7) is 4.46. The molecule has 0 atom stereocenters. The van der Waals surface area contributed by atoms with E-state index < -0.39 is 0 Å². The van der Waals surface area contributed by atoms with Crippen molar-refractivity contribution in [1.29, 1.82) is 0 Å². The third-order valence-corrected chi connectivity index (χ3v) is 0.957. The first-order valence-electron chi connectivity index (χ1n) is 3.77. The molecule has 0 aromatic carbocycles. The second-order valence-electron chi connectivity index (χ2n) is 1.82. The number of alkyl halides is 1. The zero-order valence-corrected chi connectivity index (χ0v) is 23.3. The van der Waals surface area contributed by atoms with Gasteiger partial charge in [0.2, 0.25) is 0 Å². The Morgan fingerprint density at radius 1 is 0.824 bits per heavy atom. The normalized spacial score (nSPS) is 4.00. The fourth-order valence-corrected chi connectivity index (χ4v) is 0.500. The van der Waals surface area contributed by atoms with E-state index in [1.54, 1.807) is 0 Å². The maximum Gasteiger partial charge on any atom is 0.102 e. The molecule has 0 nitrogen and oxygen atoms in total. The van der Waals surface area contributed by atoms with Gasteiger partial charge in [0.1, 0.15) is 6.17 Å². The minimum Gasteiger partial charge on any atom is -0.358 e. The van der Waals surface area contributed by atoms with Crippen LogP contribution in [0.2, 0.25) is 0 Å². The van der Waals surface area contributed by atoms with E-state index in [9.17, 15) is 8.78 Å². The van der Waals surface area contributed by atoms with Gasteiger partial charge in [0.15, 0.2) is 0 Å². The Kier molecular flexibility index (Phi) is 310. The largest absolute Gasteiger partial charge is 0.358 e. The first-order valence-corrected chi connectivity index (χ1v) is 3.77. The van der Waals surface area contributed by atoms with Crippen LogP contribution >= 0.6 is 0 Å². The third kappa shape index (κ3) is 135. The summed E-state index contributed by atoms with van der Waals surface area (Å²) in [5, 5.41) is 0. The summed E-state index contributed by atoms with van der Waals surface area (Å²) in [7, 11) is 0.500. The summed E-state index contributed by atoms with van der Waals surface area (Å²) < 4.78 is 19.3. The molecular formula is C11H24F2Y4-2. The smallest absolute Gasteiger partial charge is 0.102 e. The minimum absolute atomic E-state index is 0. The van der Waals surface area contributed by atoms with E-state index in [1.165, 1.54) is 25.7 Å². The van der Waals surface area contributed by atoms with Crippen LogP contribution in [-0.2, 0) is 131 Å². The molecule has 4 radical (unpaired) electrons. The summed E-state index contributed by atoms with van der Waals surface area (Å²) in [5.41, 5.74) is 0. The summed E-state index contributed by atoms with van der Waals surface area (Å²) in [5.74, 6) is 0. The monoisotopic (exact) mass is 550 g/mol. The van der Waals surface area contributed by atoms with Gasteiger partial charge in [-0.3, -0.25) is 4.39 Å². The molecule has 0 rings (SSSR count). The average molecular weight is 550 g/mol. The maximum absolute atomic E-state index is 9.82. The van der Waals surface area contributed by atoms with Crippen molar-refractivity contribution in [2.24, 2.45) is 0 Å². The zero-order chi connectivity index (χ0) is 9.54. The van der Waals surface area contributed by atoms with Crippen LogP contribution in [0.25, 0.3) is 0 Å². The molecule has 0 aliphatic carbocycles. The number of halogens is 2. The SMILES string of the molecule is C#CF.CCCCCC.CF.[CH3-].[CH3-].[Y].[Y].[Y].[Y]. The number of terminal acetylenes is 1. The van der Waals surface area contributed by atoms with Crippen molar-refractivity contribution in [3.63, 3.8) is 0 Å². The van der Waals surface area contributed by atoms with E-state index in [-0.39, 0.29) is 146 Å². The second-order valence-corrected chi connectivity index (χ2v) is 1.82. The molecule has 0 N–H and O–H groups in total. The summed E-state index contributed by atoms with van der Waals surface area (Å²) >= 11 is 0. The van der Waals surface area contributed by atoms with Crippen molar-refractivity contribution in [3.8, 4) is 12.6 Å². The fraction of sp³-hybridized carbons (Fsp3) is 0.636. The van der Waals surface area contributed by atoms with E-state index in [2.05, 4.69) is 20.3 Å². The number of unbranched alkanes of at least 4 members (excludes halogenated alkanes) is 3. The van der Waals surface area contributed by atoms with Gasteiger partial charge in [-0.2, -0.15) is 0 Å². The van der Waals surface area contributed by atoms with Crippen LogP contribution in [0.15, 0.2) is 0 Å². The third-order valence-electron chi connectivity index (χ3n) is 0.957. The van der Waals surface area contributed by atoms with Crippen molar-refractivity contribution in [2.75, 3.05) is 7.18 Å². The van der Waals surface area contributed by atoms with Gasteiger partial charge in [-0.15, -0.1) is 4.39 Å². The van der Waals surface area contributed by atoms with Gasteiger partial charge in [-0.1, -0.05) is 46.0 Å². The van der Waals surface area contributed by atoms with Gasteiger partial charge >= 0.3 is 0 Å². The molecule has 0 aliphatic rings. The van der Waals surface area contributed by atoms with Crippen LogP contribution in [0.5, 0.6) is 0 Å². The van der Waals surface area contributed by atoms with Crippen LogP contribution < -0.4 is 0 Å². The van der Waals surface area contributed by atoms with Crippen LogP contribution in [0.1, 0.15) is 39.5 Å². The van der Waals surface area contributed by atoms with Crippen molar-refractivity contribution < 1.29 is 140 Å². The van der Waals surface area contributed by atoms with E-state index in [0.29, 0.717) is 7.18 Å². The molecule has 6 heteroatoms. The first-order chi connectivity index (χ1) is 5.33. The molecule has 0 unspecified atom stereocenters. The van der Waals surface area contributed by atoms with Crippen molar-refractivity contribution in [2.45, 2.75) is 39.5 Å². The Bertz CT molecular complexity index is 74.4. The molecule has 0 fully saturated rings. The molecule has 0 saturated heterocycles. The first kappa shape index (κ1) is 58.5. The van der Waals surface area contributed by atoms with Gasteiger partial charge < -0.3 is 14.9 Å². The summed E-state index contributed by atoms with van der Waals surface area (Å²) in [6.07, 6.45) is 10.2. The van der Waals surface area contributed by atoms with Gasteiger partial charge in [0.05, 0.1) is 7.18 Å². The van der Waals surface area contributed by atoms with E-state index >= 15 is 0 Å². The van der Waals surface area contributed by atoms with Crippen LogP contribution in [0.4, 0.5) is 8.78 Å². The Hall–Kier alpha value is 3.84. The number of hydrogen-bond donors (Lipinski definition) is 0. The molecule has 17 heavy (non-hydrogen) atoms. The van der Waals surface area contributed by atoms with Crippen LogP contribution in [0.3, 0.4) is 0 Å². The standard InChI is InChI=1S/C6H14.C2HF.CH3F.2CH3.4Y/c1-3-5-6-4-2;1-2-3;1-2;;;;;;/h3-6H2,1-2H3;1H;1H3;2*1H3;;;;/q;;;2*-1;;;;. The second kappa shape index (κ2) is 90.1. The summed E-state index contributed by atoms with van der Waals surface area (Å²) in [4.78, 5) is 0. The van der Waals surface area contributed by atoms with Gasteiger partial charge in [-0.05, 0) is 0 Å². The molecular weight excluding hydrogens is 526 g/mol. The van der Waals surface area contributed by atoms with E-state index in [4.69, 9.17) is 0 Å². The molecule has 0 aromatic rings. The predicted molar refractivity (Wildman–Crippen MR) is 59.6 cm³/mol. The predicted octanol–water partition coefficient (Wildman–Crippen LogP) is 4.61. The number of rotatable bonds is 3. The van der Waals surface area contributed by atoms with Crippen molar-refractivity contribution in [3.05, 3.63) is 14.9 Å². The topological polar surface area (TPSA) is 0 Å². The number of hydrogen-bond acceptors (Lipinski definition) is 0. The average Bonchev–Trinajstić information content (AvgIpc) is 2.06. The Morgan fingerprint density at radius 3 is 1.00 bits per heavy atom. The molecule has 0 heterocycles. The molecule has 0 spiro atoms.